The van der Waals surface area contributed by atoms with Crippen molar-refractivity contribution in [2.45, 2.75) is 19.9 Å². The summed E-state index contributed by atoms with van der Waals surface area (Å²) < 4.78 is 2.04. The van der Waals surface area contributed by atoms with Crippen molar-refractivity contribution in [2.24, 2.45) is 0 Å². The van der Waals surface area contributed by atoms with Crippen LogP contribution in [0.3, 0.4) is 0 Å². The largest absolute Gasteiger partial charge is 0.369 e. The molecule has 0 unspecified atom stereocenters. The number of imidazole rings is 1. The van der Waals surface area contributed by atoms with Crippen LogP contribution in [0.15, 0.2) is 30.6 Å². The van der Waals surface area contributed by atoms with Gasteiger partial charge in [-0.2, -0.15) is 0 Å². The average Bonchev–Trinajstić information content (AvgIpc) is 2.51. The molecule has 2 aromatic rings. The fraction of sp³-hybridized carbons (Fsp3) is 0.300. The van der Waals surface area contributed by atoms with Gasteiger partial charge in [0.05, 0.1) is 0 Å². The first-order chi connectivity index (χ1) is 6.27. The molecule has 1 N–H and O–H groups in total. The van der Waals surface area contributed by atoms with Crippen LogP contribution in [-0.4, -0.2) is 15.4 Å². The van der Waals surface area contributed by atoms with Gasteiger partial charge in [0.15, 0.2) is 0 Å². The van der Waals surface area contributed by atoms with E-state index < -0.39 is 0 Å². The summed E-state index contributed by atoms with van der Waals surface area (Å²) in [5.74, 6) is 1.09. The second kappa shape index (κ2) is 3.09. The normalized spacial score (nSPS) is 11.0. The summed E-state index contributed by atoms with van der Waals surface area (Å²) in [5.41, 5.74) is 0.977. The van der Waals surface area contributed by atoms with Crippen molar-refractivity contribution in [3.05, 3.63) is 30.6 Å². The molecule has 0 bridgehead atoms. The van der Waals surface area contributed by atoms with E-state index in [9.17, 15) is 0 Å². The highest BCUT2D eigenvalue weighted by molar-refractivity contribution is 5.50. The smallest absolute Gasteiger partial charge is 0.138 e. The van der Waals surface area contributed by atoms with E-state index in [4.69, 9.17) is 0 Å². The molecule has 0 spiro atoms. The lowest BCUT2D eigenvalue weighted by Gasteiger charge is -2.11. The molecule has 0 aliphatic rings. The van der Waals surface area contributed by atoms with Gasteiger partial charge in [0, 0.05) is 18.4 Å². The summed E-state index contributed by atoms with van der Waals surface area (Å²) in [6.07, 6.45) is 3.76. The number of nitrogens with one attached hydrogen (secondary N) is 1. The molecule has 2 aromatic heterocycles. The molecule has 0 amide bonds. The van der Waals surface area contributed by atoms with Crippen LogP contribution >= 0.6 is 0 Å². The first-order valence-corrected chi connectivity index (χ1v) is 4.46. The number of hydrogen-bond donors (Lipinski definition) is 1. The van der Waals surface area contributed by atoms with Gasteiger partial charge in [-0.05, 0) is 26.0 Å². The summed E-state index contributed by atoms with van der Waals surface area (Å²) in [4.78, 5) is 4.21. The van der Waals surface area contributed by atoms with Crippen LogP contribution in [0, 0.1) is 0 Å². The number of pyridine rings is 1. The monoisotopic (exact) mass is 175 g/mol. The summed E-state index contributed by atoms with van der Waals surface area (Å²) in [6.45, 7) is 4.24. The van der Waals surface area contributed by atoms with E-state index >= 15 is 0 Å². The third-order valence-corrected chi connectivity index (χ3v) is 1.86. The summed E-state index contributed by atoms with van der Waals surface area (Å²) in [6, 6.07) is 6.49. The average molecular weight is 175 g/mol. The summed E-state index contributed by atoms with van der Waals surface area (Å²) in [7, 11) is 0. The highest BCUT2D eigenvalue weighted by Gasteiger charge is 2.00. The molecule has 0 saturated heterocycles. The first kappa shape index (κ1) is 8.10. The molecular weight excluding hydrogens is 162 g/mol. The minimum atomic E-state index is 0.438. The molecule has 0 aliphatic carbocycles. The maximum Gasteiger partial charge on any atom is 0.138 e. The Bertz CT molecular complexity index is 403. The van der Waals surface area contributed by atoms with Crippen molar-refractivity contribution in [2.75, 3.05) is 5.32 Å². The highest BCUT2D eigenvalue weighted by atomic mass is 15.1. The number of nitrogens with zero attached hydrogens (tertiary/aromatic N) is 2. The molecule has 3 nitrogen and oxygen atoms in total. The highest BCUT2D eigenvalue weighted by Crippen LogP contribution is 2.11. The molecular formula is C10H13N3. The molecule has 3 heteroatoms. The Kier molecular flexibility index (Phi) is 1.93. The minimum absolute atomic E-state index is 0.438. The van der Waals surface area contributed by atoms with E-state index in [1.54, 1.807) is 6.20 Å². The van der Waals surface area contributed by atoms with Gasteiger partial charge in [-0.25, -0.2) is 4.98 Å². The molecule has 2 rings (SSSR count). The predicted octanol–water partition coefficient (Wildman–Crippen LogP) is 2.15. The zero-order chi connectivity index (χ0) is 9.26. The van der Waals surface area contributed by atoms with Crippen LogP contribution in [0.1, 0.15) is 13.8 Å². The van der Waals surface area contributed by atoms with Crippen LogP contribution in [0.5, 0.6) is 0 Å². The van der Waals surface area contributed by atoms with Crippen LogP contribution < -0.4 is 5.32 Å². The van der Waals surface area contributed by atoms with E-state index in [1.807, 2.05) is 22.7 Å². The van der Waals surface area contributed by atoms with Crippen LogP contribution in [0.2, 0.25) is 0 Å². The maximum absolute atomic E-state index is 4.21. The topological polar surface area (TPSA) is 29.3 Å². The third-order valence-electron chi connectivity index (χ3n) is 1.86. The van der Waals surface area contributed by atoms with E-state index in [0.717, 1.165) is 11.5 Å². The molecule has 0 radical (unpaired) electrons. The van der Waals surface area contributed by atoms with Gasteiger partial charge in [-0.15, -0.1) is 0 Å². The van der Waals surface area contributed by atoms with E-state index in [0.29, 0.717) is 6.04 Å². The SMILES string of the molecule is CC(C)Nc1cccc2nccn12. The van der Waals surface area contributed by atoms with Gasteiger partial charge < -0.3 is 5.32 Å². The van der Waals surface area contributed by atoms with Crippen LogP contribution in [-0.2, 0) is 0 Å². The standard InChI is InChI=1S/C10H13N3/c1-8(2)12-10-5-3-4-9-11-6-7-13(9)10/h3-8,12H,1-2H3. The fourth-order valence-corrected chi connectivity index (χ4v) is 1.36. The van der Waals surface area contributed by atoms with Crippen LogP contribution in [0.4, 0.5) is 5.82 Å². The Labute approximate surface area is 77.4 Å². The number of aromatic nitrogens is 2. The van der Waals surface area contributed by atoms with Crippen molar-refractivity contribution in [3.63, 3.8) is 0 Å². The van der Waals surface area contributed by atoms with Gasteiger partial charge in [0.25, 0.3) is 0 Å². The number of anilines is 1. The minimum Gasteiger partial charge on any atom is -0.369 e. The van der Waals surface area contributed by atoms with Gasteiger partial charge in [-0.1, -0.05) is 6.07 Å². The molecule has 68 valence electrons. The summed E-state index contributed by atoms with van der Waals surface area (Å²) in [5, 5.41) is 3.36. The molecule has 0 saturated carbocycles. The second-order valence-corrected chi connectivity index (χ2v) is 3.37. The number of hydrogen-bond acceptors (Lipinski definition) is 2. The van der Waals surface area contributed by atoms with Crippen molar-refractivity contribution < 1.29 is 0 Å². The molecule has 0 aliphatic heterocycles. The Hall–Kier alpha value is -1.51. The summed E-state index contributed by atoms with van der Waals surface area (Å²) >= 11 is 0. The van der Waals surface area contributed by atoms with Crippen molar-refractivity contribution in [1.82, 2.24) is 9.38 Å². The molecule has 0 aromatic carbocycles. The first-order valence-electron chi connectivity index (χ1n) is 4.46. The Morgan fingerprint density at radius 2 is 2.23 bits per heavy atom. The molecule has 2 heterocycles. The third kappa shape index (κ3) is 1.49. The zero-order valence-corrected chi connectivity index (χ0v) is 7.86. The lowest BCUT2D eigenvalue weighted by atomic mass is 10.3. The molecule has 0 fully saturated rings. The van der Waals surface area contributed by atoms with E-state index in [1.165, 1.54) is 0 Å². The second-order valence-electron chi connectivity index (χ2n) is 3.37. The Balaban J connectivity index is 2.48. The fourth-order valence-electron chi connectivity index (χ4n) is 1.36. The van der Waals surface area contributed by atoms with Crippen molar-refractivity contribution >= 4 is 11.5 Å². The van der Waals surface area contributed by atoms with E-state index in [-0.39, 0.29) is 0 Å². The van der Waals surface area contributed by atoms with Gasteiger partial charge >= 0.3 is 0 Å². The number of fused-ring (bicyclic) bond motifs is 1. The van der Waals surface area contributed by atoms with Gasteiger partial charge in [0.2, 0.25) is 0 Å². The van der Waals surface area contributed by atoms with Gasteiger partial charge in [0.1, 0.15) is 11.5 Å². The lowest BCUT2D eigenvalue weighted by Crippen LogP contribution is -2.12. The maximum atomic E-state index is 4.21. The Morgan fingerprint density at radius 3 is 3.00 bits per heavy atom. The van der Waals surface area contributed by atoms with Crippen molar-refractivity contribution in [3.8, 4) is 0 Å². The quantitative estimate of drug-likeness (QED) is 0.757. The zero-order valence-electron chi connectivity index (χ0n) is 7.86. The predicted molar refractivity (Wildman–Crippen MR) is 54.0 cm³/mol. The van der Waals surface area contributed by atoms with Crippen molar-refractivity contribution in [1.29, 1.82) is 0 Å². The van der Waals surface area contributed by atoms with Crippen LogP contribution in [0.25, 0.3) is 5.65 Å². The number of rotatable bonds is 2. The van der Waals surface area contributed by atoms with E-state index in [2.05, 4.69) is 30.2 Å². The molecule has 13 heavy (non-hydrogen) atoms. The Morgan fingerprint density at radius 1 is 1.38 bits per heavy atom. The molecule has 0 atom stereocenters. The van der Waals surface area contributed by atoms with Gasteiger partial charge in [-0.3, -0.25) is 4.40 Å². The lowest BCUT2D eigenvalue weighted by molar-refractivity contribution is 0.882.